The summed E-state index contributed by atoms with van der Waals surface area (Å²) in [5.41, 5.74) is -5.65. The van der Waals surface area contributed by atoms with Crippen LogP contribution < -0.4 is 21.2 Å². The van der Waals surface area contributed by atoms with E-state index in [1.165, 1.54) is 12.1 Å². The van der Waals surface area contributed by atoms with E-state index in [0.717, 1.165) is 8.95 Å². The minimum absolute atomic E-state index is 0.277. The minimum Gasteiger partial charge on any atom is -0.741 e. The lowest BCUT2D eigenvalue weighted by molar-refractivity contribution is -0.603. The van der Waals surface area contributed by atoms with E-state index in [1.807, 2.05) is 0 Å². The van der Waals surface area contributed by atoms with Crippen molar-refractivity contribution in [2.24, 2.45) is 0 Å². The second-order valence-electron chi connectivity index (χ2n) is 4.11. The van der Waals surface area contributed by atoms with Crippen molar-refractivity contribution in [1.29, 1.82) is 0 Å². The summed E-state index contributed by atoms with van der Waals surface area (Å²) >= 11 is 5.72. The lowest BCUT2D eigenvalue weighted by Gasteiger charge is -2.08. The SMILES string of the molecule is Fc1ccc(Br)cc1[I+]c1cc(Br)ccc1F.O=S(=O)([O-])C(F)(F)F. The Morgan fingerprint density at radius 1 is 0.880 bits per heavy atom. The predicted molar refractivity (Wildman–Crippen MR) is 81.3 cm³/mol. The summed E-state index contributed by atoms with van der Waals surface area (Å²) < 4.78 is 88.8. The fraction of sp³-hybridized carbons (Fsp3) is 0.0769. The van der Waals surface area contributed by atoms with Crippen LogP contribution in [-0.4, -0.2) is 18.5 Å². The van der Waals surface area contributed by atoms with E-state index in [-0.39, 0.29) is 11.6 Å². The van der Waals surface area contributed by atoms with Gasteiger partial charge in [0.25, 0.3) is 0 Å². The largest absolute Gasteiger partial charge is 0.741 e. The fourth-order valence-corrected chi connectivity index (χ4v) is 5.26. The molecule has 0 bridgehead atoms. The third kappa shape index (κ3) is 7.45. The van der Waals surface area contributed by atoms with E-state index in [1.54, 1.807) is 24.3 Å². The van der Waals surface area contributed by atoms with Crippen LogP contribution in [0.3, 0.4) is 0 Å². The van der Waals surface area contributed by atoms with Gasteiger partial charge in [-0.15, -0.1) is 0 Å². The van der Waals surface area contributed by atoms with Crippen molar-refractivity contribution in [3.05, 3.63) is 64.1 Å². The highest BCUT2D eigenvalue weighted by atomic mass is 127. The molecule has 0 aliphatic rings. The van der Waals surface area contributed by atoms with Crippen LogP contribution in [0.5, 0.6) is 0 Å². The molecule has 0 unspecified atom stereocenters. The number of hydrogen-bond acceptors (Lipinski definition) is 3. The Morgan fingerprint density at radius 3 is 1.48 bits per heavy atom. The van der Waals surface area contributed by atoms with Crippen LogP contribution in [0.25, 0.3) is 0 Å². The van der Waals surface area contributed by atoms with Crippen molar-refractivity contribution in [3.8, 4) is 0 Å². The molecule has 2 aromatic rings. The molecule has 0 aliphatic heterocycles. The summed E-state index contributed by atoms with van der Waals surface area (Å²) in [6.07, 6.45) is 0. The van der Waals surface area contributed by atoms with Crippen LogP contribution >= 0.6 is 31.9 Å². The zero-order valence-electron chi connectivity index (χ0n) is 11.6. The average Bonchev–Trinajstić information content (AvgIpc) is 2.45. The van der Waals surface area contributed by atoms with E-state index < -0.39 is 36.8 Å². The smallest absolute Gasteiger partial charge is 0.485 e. The first kappa shape index (κ1) is 22.7. The third-order valence-electron chi connectivity index (χ3n) is 2.25. The highest BCUT2D eigenvalue weighted by Gasteiger charge is 2.36. The van der Waals surface area contributed by atoms with E-state index in [9.17, 15) is 22.0 Å². The van der Waals surface area contributed by atoms with Gasteiger partial charge in [-0.1, -0.05) is 31.9 Å². The Hall–Kier alpha value is -0.310. The van der Waals surface area contributed by atoms with Crippen molar-refractivity contribution < 1.29 is 56.1 Å². The minimum atomic E-state index is -6.09. The predicted octanol–water partition coefficient (Wildman–Crippen LogP) is 1.67. The first-order valence-electron chi connectivity index (χ1n) is 5.88. The molecule has 0 amide bonds. The van der Waals surface area contributed by atoms with E-state index in [0.29, 0.717) is 7.14 Å². The first-order valence-corrected chi connectivity index (χ1v) is 11.0. The molecule has 0 fully saturated rings. The molecular weight excluding hydrogens is 618 g/mol. The van der Waals surface area contributed by atoms with Crippen molar-refractivity contribution in [3.63, 3.8) is 0 Å². The summed E-state index contributed by atoms with van der Waals surface area (Å²) in [5.74, 6) is -0.555. The van der Waals surface area contributed by atoms with Gasteiger partial charge in [-0.2, -0.15) is 13.2 Å². The summed E-state index contributed by atoms with van der Waals surface area (Å²) in [5, 5.41) is 0. The summed E-state index contributed by atoms with van der Waals surface area (Å²) in [7, 11) is -6.09. The summed E-state index contributed by atoms with van der Waals surface area (Å²) in [4.78, 5) is 0. The number of halogens is 8. The van der Waals surface area contributed by atoms with Gasteiger partial charge < -0.3 is 4.55 Å². The van der Waals surface area contributed by atoms with Gasteiger partial charge in [0.15, 0.2) is 21.8 Å². The molecule has 0 aromatic heterocycles. The molecule has 0 saturated heterocycles. The molecule has 0 aliphatic carbocycles. The summed E-state index contributed by atoms with van der Waals surface area (Å²) in [6, 6.07) is 9.50. The van der Waals surface area contributed by atoms with Crippen LogP contribution in [0, 0.1) is 18.8 Å². The Kier molecular flexibility index (Phi) is 8.24. The molecule has 0 spiro atoms. The number of alkyl halides is 3. The molecule has 25 heavy (non-hydrogen) atoms. The van der Waals surface area contributed by atoms with Gasteiger partial charge in [0.1, 0.15) is 0 Å². The topological polar surface area (TPSA) is 57.2 Å². The van der Waals surface area contributed by atoms with Gasteiger partial charge in [0.2, 0.25) is 7.14 Å². The van der Waals surface area contributed by atoms with Gasteiger partial charge in [-0.25, -0.2) is 17.2 Å². The maximum atomic E-state index is 13.6. The van der Waals surface area contributed by atoms with Crippen LogP contribution in [0.4, 0.5) is 22.0 Å². The van der Waals surface area contributed by atoms with E-state index in [2.05, 4.69) is 31.9 Å². The van der Waals surface area contributed by atoms with Crippen molar-refractivity contribution in [2.45, 2.75) is 5.51 Å². The molecule has 2 aromatic carbocycles. The fourth-order valence-electron chi connectivity index (χ4n) is 1.20. The molecule has 0 saturated carbocycles. The lowest BCUT2D eigenvalue weighted by Crippen LogP contribution is -3.62. The molecule has 0 heterocycles. The molecule has 0 N–H and O–H groups in total. The Bertz CT molecular complexity index is 810. The Labute approximate surface area is 166 Å². The number of rotatable bonds is 2. The highest BCUT2D eigenvalue weighted by molar-refractivity contribution is 9.10. The van der Waals surface area contributed by atoms with Crippen LogP contribution in [-0.2, 0) is 10.1 Å². The van der Waals surface area contributed by atoms with E-state index in [4.69, 9.17) is 13.0 Å². The maximum absolute atomic E-state index is 13.6. The average molecular weight is 624 g/mol. The summed E-state index contributed by atoms with van der Waals surface area (Å²) in [6.45, 7) is 0. The van der Waals surface area contributed by atoms with Gasteiger partial charge >= 0.3 is 26.7 Å². The lowest BCUT2D eigenvalue weighted by atomic mass is 10.4. The molecule has 3 nitrogen and oxygen atoms in total. The first-order chi connectivity index (χ1) is 11.3. The quantitative estimate of drug-likeness (QED) is 0.168. The molecule has 138 valence electrons. The van der Waals surface area contributed by atoms with Crippen molar-refractivity contribution >= 4 is 42.0 Å². The zero-order valence-corrected chi connectivity index (χ0v) is 17.8. The Morgan fingerprint density at radius 2 is 1.20 bits per heavy atom. The van der Waals surface area contributed by atoms with Crippen molar-refractivity contribution in [2.75, 3.05) is 0 Å². The molecule has 0 atom stereocenters. The van der Waals surface area contributed by atoms with Gasteiger partial charge in [-0.05, 0) is 24.3 Å². The zero-order chi connectivity index (χ0) is 19.4. The van der Waals surface area contributed by atoms with Gasteiger partial charge in [0.05, 0.1) is 0 Å². The highest BCUT2D eigenvalue weighted by Crippen LogP contribution is 2.20. The Balaban J connectivity index is 0.000000333. The van der Waals surface area contributed by atoms with Gasteiger partial charge in [0, 0.05) is 21.1 Å². The molecule has 0 radical (unpaired) electrons. The normalized spacial score (nSPS) is 11.7. The van der Waals surface area contributed by atoms with Crippen LogP contribution in [0.2, 0.25) is 0 Å². The monoisotopic (exact) mass is 622 g/mol. The third-order valence-corrected chi connectivity index (χ3v) is 6.62. The van der Waals surface area contributed by atoms with Gasteiger partial charge in [-0.3, -0.25) is 0 Å². The number of hydrogen-bond donors (Lipinski definition) is 0. The van der Waals surface area contributed by atoms with Crippen LogP contribution in [0.15, 0.2) is 45.3 Å². The molecular formula is C13H6Br2F5IO3S. The van der Waals surface area contributed by atoms with Crippen molar-refractivity contribution in [1.82, 2.24) is 0 Å². The standard InChI is InChI=1S/C12H6Br2F2I.CHF3O3S/c13-7-1-3-9(15)11(5-7)17-12-6-8(14)2-4-10(12)16;2-1(3,4)8(5,6)7/h1-6H;(H,5,6,7)/q+1;/p-1. The van der Waals surface area contributed by atoms with Crippen LogP contribution in [0.1, 0.15) is 0 Å². The maximum Gasteiger partial charge on any atom is 0.485 e. The molecule has 2 rings (SSSR count). The molecule has 12 heteroatoms. The second kappa shape index (κ2) is 9.06. The number of benzene rings is 2. The second-order valence-corrected chi connectivity index (χ2v) is 10.2. The van der Waals surface area contributed by atoms with E-state index >= 15 is 0 Å².